The third-order valence-electron chi connectivity index (χ3n) is 6.29. The van der Waals surface area contributed by atoms with Crippen LogP contribution in [0.25, 0.3) is 0 Å². The first kappa shape index (κ1) is 25.3. The molecule has 0 saturated carbocycles. The van der Waals surface area contributed by atoms with E-state index < -0.39 is 5.82 Å². The predicted molar refractivity (Wildman–Crippen MR) is 140 cm³/mol. The summed E-state index contributed by atoms with van der Waals surface area (Å²) in [7, 11) is 3.48. The fourth-order valence-electron chi connectivity index (χ4n) is 4.50. The van der Waals surface area contributed by atoms with Crippen LogP contribution in [0, 0.1) is 17.6 Å². The van der Waals surface area contributed by atoms with Crippen molar-refractivity contribution in [3.63, 3.8) is 0 Å². The number of aliphatic imine (C=N–C) groups is 1. The van der Waals surface area contributed by atoms with E-state index in [1.54, 1.807) is 14.2 Å². The minimum atomic E-state index is -0.416. The van der Waals surface area contributed by atoms with Crippen molar-refractivity contribution in [1.29, 1.82) is 0 Å². The Kier molecular flexibility index (Phi) is 8.99. The third-order valence-corrected chi connectivity index (χ3v) is 6.29. The molecule has 1 N–H and O–H groups in total. The summed E-state index contributed by atoms with van der Waals surface area (Å²) in [6.07, 6.45) is 1.12. The van der Waals surface area contributed by atoms with Crippen LogP contribution in [0.15, 0.2) is 47.5 Å². The topological polar surface area (TPSA) is 43.3 Å². The summed E-state index contributed by atoms with van der Waals surface area (Å²) in [4.78, 5) is 10.9. The van der Waals surface area contributed by atoms with E-state index in [4.69, 9.17) is 4.74 Å². The first-order chi connectivity index (χ1) is 15.6. The van der Waals surface area contributed by atoms with Gasteiger partial charge in [-0.2, -0.15) is 0 Å². The standard InChI is InChI=1S/C24H31F2N5O.HI/c1-27-24(30-12-10-29(11-13-30)23-14-19(25)6-7-22(23)26)28-16-18-8-9-31(17-18)20-4-3-5-21(15-20)32-2;/h3-7,14-15,18H,8-13,16-17H2,1-2H3,(H,27,28);1H. The number of nitrogens with one attached hydrogen (secondary N) is 1. The number of nitrogens with zero attached hydrogens (tertiary/aromatic N) is 4. The van der Waals surface area contributed by atoms with E-state index in [1.807, 2.05) is 17.0 Å². The van der Waals surface area contributed by atoms with Crippen molar-refractivity contribution in [2.75, 3.05) is 69.8 Å². The Morgan fingerprint density at radius 2 is 1.85 bits per heavy atom. The number of methoxy groups -OCH3 is 1. The maximum Gasteiger partial charge on any atom is 0.193 e. The van der Waals surface area contributed by atoms with Crippen LogP contribution >= 0.6 is 24.0 Å². The number of rotatable bonds is 5. The number of anilines is 2. The summed E-state index contributed by atoms with van der Waals surface area (Å²) in [5.41, 5.74) is 1.52. The molecule has 2 aromatic carbocycles. The number of hydrogen-bond acceptors (Lipinski definition) is 4. The second kappa shape index (κ2) is 11.7. The number of benzene rings is 2. The van der Waals surface area contributed by atoms with Gasteiger partial charge >= 0.3 is 0 Å². The molecule has 0 amide bonds. The fraction of sp³-hybridized carbons (Fsp3) is 0.458. The van der Waals surface area contributed by atoms with Gasteiger partial charge in [-0.1, -0.05) is 6.07 Å². The van der Waals surface area contributed by atoms with E-state index in [2.05, 4.69) is 32.2 Å². The van der Waals surface area contributed by atoms with Crippen LogP contribution in [-0.2, 0) is 0 Å². The average Bonchev–Trinajstić information content (AvgIpc) is 3.31. The lowest BCUT2D eigenvalue weighted by atomic mass is 10.1. The van der Waals surface area contributed by atoms with Gasteiger partial charge < -0.3 is 24.8 Å². The van der Waals surface area contributed by atoms with E-state index in [1.165, 1.54) is 17.8 Å². The van der Waals surface area contributed by atoms with E-state index >= 15 is 0 Å². The molecule has 2 aromatic rings. The van der Waals surface area contributed by atoms with Crippen LogP contribution in [0.4, 0.5) is 20.2 Å². The Hall–Kier alpha value is -2.30. The maximum atomic E-state index is 14.1. The van der Waals surface area contributed by atoms with Crippen LogP contribution < -0.4 is 19.9 Å². The Labute approximate surface area is 211 Å². The Bertz CT molecular complexity index is 952. The number of hydrogen-bond donors (Lipinski definition) is 1. The molecule has 2 aliphatic rings. The monoisotopic (exact) mass is 571 g/mol. The summed E-state index contributed by atoms with van der Waals surface area (Å²) in [6, 6.07) is 11.8. The molecule has 180 valence electrons. The van der Waals surface area contributed by atoms with Crippen molar-refractivity contribution in [2.24, 2.45) is 10.9 Å². The minimum absolute atomic E-state index is 0. The van der Waals surface area contributed by atoms with Gasteiger partial charge in [0, 0.05) is 70.7 Å². The number of piperazine rings is 1. The van der Waals surface area contributed by atoms with Crippen LogP contribution in [0.5, 0.6) is 5.75 Å². The average molecular weight is 571 g/mol. The van der Waals surface area contributed by atoms with E-state index in [0.29, 0.717) is 37.8 Å². The van der Waals surface area contributed by atoms with Crippen molar-refractivity contribution < 1.29 is 13.5 Å². The van der Waals surface area contributed by atoms with Crippen molar-refractivity contribution in [3.8, 4) is 5.75 Å². The van der Waals surface area contributed by atoms with Crippen LogP contribution in [0.3, 0.4) is 0 Å². The molecule has 0 aromatic heterocycles. The van der Waals surface area contributed by atoms with Gasteiger partial charge in [0.25, 0.3) is 0 Å². The summed E-state index contributed by atoms with van der Waals surface area (Å²) in [5, 5.41) is 3.52. The highest BCUT2D eigenvalue weighted by Crippen LogP contribution is 2.27. The van der Waals surface area contributed by atoms with Crippen LogP contribution in [0.1, 0.15) is 6.42 Å². The minimum Gasteiger partial charge on any atom is -0.497 e. The van der Waals surface area contributed by atoms with Gasteiger partial charge in [-0.3, -0.25) is 4.99 Å². The molecule has 4 rings (SSSR count). The summed E-state index contributed by atoms with van der Waals surface area (Å²) in [6.45, 7) is 5.51. The van der Waals surface area contributed by atoms with Crippen molar-refractivity contribution >= 4 is 41.3 Å². The third kappa shape index (κ3) is 6.18. The molecule has 1 unspecified atom stereocenters. The van der Waals surface area contributed by atoms with E-state index in [-0.39, 0.29) is 29.8 Å². The lowest BCUT2D eigenvalue weighted by molar-refractivity contribution is 0.367. The normalized spacial score (nSPS) is 18.8. The smallest absolute Gasteiger partial charge is 0.193 e. The SMILES string of the molecule is CN=C(NCC1CCN(c2cccc(OC)c2)C1)N1CCN(c2cc(F)ccc2F)CC1.I. The molecule has 0 radical (unpaired) electrons. The molecule has 2 fully saturated rings. The van der Waals surface area contributed by atoms with Crippen LogP contribution in [-0.4, -0.2) is 70.8 Å². The largest absolute Gasteiger partial charge is 0.497 e. The first-order valence-electron chi connectivity index (χ1n) is 11.1. The molecule has 2 heterocycles. The van der Waals surface area contributed by atoms with Crippen molar-refractivity contribution in [2.45, 2.75) is 6.42 Å². The van der Waals surface area contributed by atoms with E-state index in [0.717, 1.165) is 43.8 Å². The number of ether oxygens (including phenoxy) is 1. The summed E-state index contributed by atoms with van der Waals surface area (Å²) >= 11 is 0. The molecule has 0 aliphatic carbocycles. The van der Waals surface area contributed by atoms with Gasteiger partial charge in [-0.15, -0.1) is 24.0 Å². The Balaban J connectivity index is 0.00000306. The lowest BCUT2D eigenvalue weighted by Gasteiger charge is -2.38. The van der Waals surface area contributed by atoms with Gasteiger partial charge in [0.05, 0.1) is 12.8 Å². The molecular weight excluding hydrogens is 539 g/mol. The van der Waals surface area contributed by atoms with Crippen molar-refractivity contribution in [1.82, 2.24) is 10.2 Å². The second-order valence-electron chi connectivity index (χ2n) is 8.30. The predicted octanol–water partition coefficient (Wildman–Crippen LogP) is 3.82. The molecule has 6 nitrogen and oxygen atoms in total. The fourth-order valence-corrected chi connectivity index (χ4v) is 4.50. The molecule has 0 spiro atoms. The number of guanidine groups is 1. The van der Waals surface area contributed by atoms with Crippen LogP contribution in [0.2, 0.25) is 0 Å². The van der Waals surface area contributed by atoms with E-state index in [9.17, 15) is 8.78 Å². The molecule has 1 atom stereocenters. The summed E-state index contributed by atoms with van der Waals surface area (Å²) < 4.78 is 33.0. The number of halogens is 3. The zero-order valence-electron chi connectivity index (χ0n) is 19.1. The molecule has 2 saturated heterocycles. The van der Waals surface area contributed by atoms with Crippen molar-refractivity contribution in [3.05, 3.63) is 54.1 Å². The molecule has 33 heavy (non-hydrogen) atoms. The Morgan fingerprint density at radius 1 is 1.06 bits per heavy atom. The highest BCUT2D eigenvalue weighted by molar-refractivity contribution is 14.0. The Morgan fingerprint density at radius 3 is 2.58 bits per heavy atom. The zero-order chi connectivity index (χ0) is 22.5. The highest BCUT2D eigenvalue weighted by atomic mass is 127. The van der Waals surface area contributed by atoms with Gasteiger partial charge in [-0.05, 0) is 36.6 Å². The quantitative estimate of drug-likeness (QED) is 0.336. The maximum absolute atomic E-state index is 14.1. The van der Waals surface area contributed by atoms with Gasteiger partial charge in [-0.25, -0.2) is 8.78 Å². The van der Waals surface area contributed by atoms with Gasteiger partial charge in [0.2, 0.25) is 0 Å². The first-order valence-corrected chi connectivity index (χ1v) is 11.1. The molecular formula is C24H32F2IN5O. The van der Waals surface area contributed by atoms with Gasteiger partial charge in [0.15, 0.2) is 5.96 Å². The zero-order valence-corrected chi connectivity index (χ0v) is 21.5. The van der Waals surface area contributed by atoms with Gasteiger partial charge in [0.1, 0.15) is 17.4 Å². The molecule has 2 aliphatic heterocycles. The molecule has 9 heteroatoms. The molecule has 0 bridgehead atoms. The summed E-state index contributed by atoms with van der Waals surface area (Å²) in [5.74, 6) is 1.47. The second-order valence-corrected chi connectivity index (χ2v) is 8.30. The highest BCUT2D eigenvalue weighted by Gasteiger charge is 2.25. The lowest BCUT2D eigenvalue weighted by Crippen LogP contribution is -2.53.